The second-order valence-corrected chi connectivity index (χ2v) is 5.75. The summed E-state index contributed by atoms with van der Waals surface area (Å²) in [6.07, 6.45) is 0. The van der Waals surface area contributed by atoms with Crippen molar-refractivity contribution < 1.29 is 9.18 Å². The van der Waals surface area contributed by atoms with Crippen LogP contribution in [0, 0.1) is 19.7 Å². The van der Waals surface area contributed by atoms with Crippen molar-refractivity contribution in [3.05, 3.63) is 70.7 Å². The molecule has 0 radical (unpaired) electrons. The first kappa shape index (κ1) is 16.6. The number of anilines is 2. The Bertz CT molecular complexity index is 889. The van der Waals surface area contributed by atoms with E-state index in [-0.39, 0.29) is 24.0 Å². The van der Waals surface area contributed by atoms with Gasteiger partial charge in [-0.2, -0.15) is 5.21 Å². The number of halogens is 1. The number of carbonyl (C=O) groups is 1. The van der Waals surface area contributed by atoms with Gasteiger partial charge in [-0.3, -0.25) is 4.79 Å². The van der Waals surface area contributed by atoms with E-state index in [9.17, 15) is 9.18 Å². The van der Waals surface area contributed by atoms with Gasteiger partial charge in [-0.15, -0.1) is 10.2 Å². The first-order valence-corrected chi connectivity index (χ1v) is 7.80. The van der Waals surface area contributed by atoms with Gasteiger partial charge in [0, 0.05) is 12.2 Å². The minimum absolute atomic E-state index is 0.167. The zero-order valence-electron chi connectivity index (χ0n) is 13.9. The van der Waals surface area contributed by atoms with E-state index in [4.69, 9.17) is 0 Å². The summed E-state index contributed by atoms with van der Waals surface area (Å²) >= 11 is 0. The maximum Gasteiger partial charge on any atom is 0.275 e. The summed E-state index contributed by atoms with van der Waals surface area (Å²) in [7, 11) is 0. The predicted molar refractivity (Wildman–Crippen MR) is 93.2 cm³/mol. The van der Waals surface area contributed by atoms with Crippen molar-refractivity contribution in [2.45, 2.75) is 20.4 Å². The molecular weight excluding hydrogens is 321 g/mol. The third-order valence-electron chi connectivity index (χ3n) is 3.90. The van der Waals surface area contributed by atoms with Gasteiger partial charge in [-0.1, -0.05) is 18.2 Å². The monoisotopic (exact) mass is 339 g/mol. The van der Waals surface area contributed by atoms with Gasteiger partial charge in [0.05, 0.1) is 0 Å². The number of H-pyrrole nitrogens is 1. The van der Waals surface area contributed by atoms with Crippen LogP contribution >= 0.6 is 0 Å². The van der Waals surface area contributed by atoms with Crippen LogP contribution in [0.2, 0.25) is 0 Å². The van der Waals surface area contributed by atoms with Crippen LogP contribution < -0.4 is 10.6 Å². The number of amides is 1. The Kier molecular flexibility index (Phi) is 4.74. The normalized spacial score (nSPS) is 10.5. The quantitative estimate of drug-likeness (QED) is 0.666. The Morgan fingerprint density at radius 3 is 2.56 bits per heavy atom. The molecule has 3 aromatic rings. The van der Waals surface area contributed by atoms with E-state index < -0.39 is 0 Å². The standard InChI is InChI=1S/C18H18FN5O/c1-11-3-8-15(9-12(11)2)21-17-16(22-24-23-17)18(25)20-10-13-4-6-14(19)7-5-13/h3-9H,10H2,1-2H3,(H,20,25)(H2,21,22,23,24). The molecule has 0 saturated heterocycles. The van der Waals surface area contributed by atoms with Crippen LogP contribution in [0.15, 0.2) is 42.5 Å². The third-order valence-corrected chi connectivity index (χ3v) is 3.90. The zero-order valence-corrected chi connectivity index (χ0v) is 13.9. The molecule has 0 saturated carbocycles. The molecule has 0 fully saturated rings. The van der Waals surface area contributed by atoms with E-state index in [1.54, 1.807) is 12.1 Å². The highest BCUT2D eigenvalue weighted by molar-refractivity contribution is 5.97. The molecule has 3 N–H and O–H groups in total. The van der Waals surface area contributed by atoms with Crippen molar-refractivity contribution in [3.8, 4) is 0 Å². The minimum Gasteiger partial charge on any atom is -0.346 e. The molecule has 0 aliphatic heterocycles. The first-order valence-electron chi connectivity index (χ1n) is 7.80. The molecule has 0 spiro atoms. The van der Waals surface area contributed by atoms with Gasteiger partial charge in [0.15, 0.2) is 11.5 Å². The first-order chi connectivity index (χ1) is 12.0. The number of aromatic nitrogens is 3. The predicted octanol–water partition coefficient (Wildman–Crippen LogP) is 3.23. The second-order valence-electron chi connectivity index (χ2n) is 5.75. The molecule has 1 amide bonds. The number of hydrogen-bond acceptors (Lipinski definition) is 4. The lowest BCUT2D eigenvalue weighted by molar-refractivity contribution is 0.0946. The van der Waals surface area contributed by atoms with Crippen molar-refractivity contribution in [2.24, 2.45) is 0 Å². The van der Waals surface area contributed by atoms with Crippen LogP contribution in [0.3, 0.4) is 0 Å². The van der Waals surface area contributed by atoms with Crippen LogP contribution in [0.5, 0.6) is 0 Å². The molecule has 0 aliphatic carbocycles. The molecule has 3 rings (SSSR count). The van der Waals surface area contributed by atoms with Gasteiger partial charge >= 0.3 is 0 Å². The van der Waals surface area contributed by atoms with Crippen molar-refractivity contribution in [1.29, 1.82) is 0 Å². The SMILES string of the molecule is Cc1ccc(Nc2n[nH]nc2C(=O)NCc2ccc(F)cc2)cc1C. The third kappa shape index (κ3) is 4.00. The molecule has 25 heavy (non-hydrogen) atoms. The highest BCUT2D eigenvalue weighted by atomic mass is 19.1. The fourth-order valence-corrected chi connectivity index (χ4v) is 2.30. The lowest BCUT2D eigenvalue weighted by atomic mass is 10.1. The summed E-state index contributed by atoms with van der Waals surface area (Å²) in [4.78, 5) is 12.3. The fraction of sp³-hybridized carbons (Fsp3) is 0.167. The Labute approximate surface area is 144 Å². The highest BCUT2D eigenvalue weighted by Gasteiger charge is 2.16. The van der Waals surface area contributed by atoms with Crippen LogP contribution in [0.1, 0.15) is 27.2 Å². The molecule has 1 aromatic heterocycles. The van der Waals surface area contributed by atoms with E-state index in [2.05, 4.69) is 26.0 Å². The van der Waals surface area contributed by atoms with E-state index in [0.29, 0.717) is 5.82 Å². The second kappa shape index (κ2) is 7.12. The average molecular weight is 339 g/mol. The maximum absolute atomic E-state index is 12.9. The van der Waals surface area contributed by atoms with E-state index in [1.165, 1.54) is 17.7 Å². The number of rotatable bonds is 5. The molecule has 7 heteroatoms. The molecular formula is C18H18FN5O. The number of aromatic amines is 1. The van der Waals surface area contributed by atoms with Crippen LogP contribution in [-0.2, 0) is 6.54 Å². The van der Waals surface area contributed by atoms with Gasteiger partial charge in [0.25, 0.3) is 5.91 Å². The van der Waals surface area contributed by atoms with E-state index in [1.807, 2.05) is 32.0 Å². The minimum atomic E-state index is -0.371. The van der Waals surface area contributed by atoms with Crippen molar-refractivity contribution >= 4 is 17.4 Å². The largest absolute Gasteiger partial charge is 0.346 e. The van der Waals surface area contributed by atoms with Gasteiger partial charge in [-0.05, 0) is 54.8 Å². The zero-order chi connectivity index (χ0) is 17.8. The summed E-state index contributed by atoms with van der Waals surface area (Å²) in [6.45, 7) is 4.32. The molecule has 0 unspecified atom stereocenters. The smallest absolute Gasteiger partial charge is 0.275 e. The van der Waals surface area contributed by atoms with Crippen molar-refractivity contribution in [2.75, 3.05) is 5.32 Å². The van der Waals surface area contributed by atoms with Crippen molar-refractivity contribution in [1.82, 2.24) is 20.7 Å². The summed E-state index contributed by atoms with van der Waals surface area (Å²) in [5, 5.41) is 16.2. The number of hydrogen-bond donors (Lipinski definition) is 3. The molecule has 0 atom stereocenters. The molecule has 0 aliphatic rings. The average Bonchev–Trinajstić information content (AvgIpc) is 3.05. The van der Waals surface area contributed by atoms with Crippen LogP contribution in [0.25, 0.3) is 0 Å². The Hall–Kier alpha value is -3.22. The lowest BCUT2D eigenvalue weighted by Gasteiger charge is -2.08. The Balaban J connectivity index is 1.68. The topological polar surface area (TPSA) is 82.7 Å². The lowest BCUT2D eigenvalue weighted by Crippen LogP contribution is -2.24. The molecule has 128 valence electrons. The molecule has 6 nitrogen and oxygen atoms in total. The Morgan fingerprint density at radius 2 is 1.84 bits per heavy atom. The summed E-state index contributed by atoms with van der Waals surface area (Å²) < 4.78 is 12.9. The number of nitrogens with one attached hydrogen (secondary N) is 3. The summed E-state index contributed by atoms with van der Waals surface area (Å²) in [5.74, 6) is -0.337. The van der Waals surface area contributed by atoms with Gasteiger partial charge < -0.3 is 10.6 Å². The molecule has 1 heterocycles. The van der Waals surface area contributed by atoms with E-state index >= 15 is 0 Å². The number of aryl methyl sites for hydroxylation is 2. The number of carbonyl (C=O) groups excluding carboxylic acids is 1. The maximum atomic E-state index is 12.9. The van der Waals surface area contributed by atoms with Gasteiger partial charge in [0.2, 0.25) is 0 Å². The number of benzene rings is 2. The van der Waals surface area contributed by atoms with Gasteiger partial charge in [0.1, 0.15) is 5.82 Å². The van der Waals surface area contributed by atoms with Gasteiger partial charge in [-0.25, -0.2) is 4.39 Å². The summed E-state index contributed by atoms with van der Waals surface area (Å²) in [5.41, 5.74) is 4.10. The summed E-state index contributed by atoms with van der Waals surface area (Å²) in [6, 6.07) is 11.8. The van der Waals surface area contributed by atoms with Crippen LogP contribution in [-0.4, -0.2) is 21.3 Å². The Morgan fingerprint density at radius 1 is 1.08 bits per heavy atom. The fourth-order valence-electron chi connectivity index (χ4n) is 2.30. The van der Waals surface area contributed by atoms with E-state index in [0.717, 1.165) is 16.8 Å². The highest BCUT2D eigenvalue weighted by Crippen LogP contribution is 2.19. The van der Waals surface area contributed by atoms with Crippen LogP contribution in [0.4, 0.5) is 15.9 Å². The number of nitrogens with zero attached hydrogens (tertiary/aromatic N) is 2. The molecule has 0 bridgehead atoms. The van der Waals surface area contributed by atoms with Crippen molar-refractivity contribution in [3.63, 3.8) is 0 Å². The molecule has 2 aromatic carbocycles.